The standard InChI is InChI=1S/C14H13N3O2/c1-9(14(18)19)17-8-11(13-15-6-7-16-13)10-4-2-3-5-12(10)17/h2-9H,1H3,(H,15,16)(H,18,19)/t9-/m0/s1. The van der Waals surface area contributed by atoms with E-state index in [1.54, 1.807) is 23.9 Å². The first-order valence-electron chi connectivity index (χ1n) is 6.00. The van der Waals surface area contributed by atoms with Crippen LogP contribution in [0.5, 0.6) is 0 Å². The van der Waals surface area contributed by atoms with Crippen molar-refractivity contribution in [1.82, 2.24) is 14.5 Å². The predicted molar refractivity (Wildman–Crippen MR) is 71.9 cm³/mol. The van der Waals surface area contributed by atoms with E-state index < -0.39 is 12.0 Å². The molecule has 3 aromatic rings. The predicted octanol–water partition coefficient (Wildman–Crippen LogP) is 2.68. The smallest absolute Gasteiger partial charge is 0.326 e. The van der Waals surface area contributed by atoms with E-state index in [0.717, 1.165) is 22.3 Å². The van der Waals surface area contributed by atoms with Crippen molar-refractivity contribution in [2.45, 2.75) is 13.0 Å². The van der Waals surface area contributed by atoms with Crippen molar-refractivity contribution < 1.29 is 9.90 Å². The number of rotatable bonds is 3. The quantitative estimate of drug-likeness (QED) is 0.755. The summed E-state index contributed by atoms with van der Waals surface area (Å²) in [5.41, 5.74) is 1.80. The molecule has 1 atom stereocenters. The zero-order chi connectivity index (χ0) is 13.4. The van der Waals surface area contributed by atoms with Gasteiger partial charge in [0.2, 0.25) is 0 Å². The number of H-pyrrole nitrogens is 1. The first-order chi connectivity index (χ1) is 9.18. The van der Waals surface area contributed by atoms with Crippen molar-refractivity contribution in [3.8, 4) is 11.4 Å². The van der Waals surface area contributed by atoms with E-state index in [4.69, 9.17) is 0 Å². The topological polar surface area (TPSA) is 70.9 Å². The van der Waals surface area contributed by atoms with E-state index in [9.17, 15) is 9.90 Å². The van der Waals surface area contributed by atoms with E-state index in [2.05, 4.69) is 9.97 Å². The van der Waals surface area contributed by atoms with Gasteiger partial charge >= 0.3 is 5.97 Å². The van der Waals surface area contributed by atoms with Gasteiger partial charge in [0.1, 0.15) is 11.9 Å². The Kier molecular flexibility index (Phi) is 2.59. The lowest BCUT2D eigenvalue weighted by molar-refractivity contribution is -0.140. The summed E-state index contributed by atoms with van der Waals surface area (Å²) >= 11 is 0. The second-order valence-electron chi connectivity index (χ2n) is 4.42. The van der Waals surface area contributed by atoms with Crippen LogP contribution in [0.4, 0.5) is 0 Å². The molecule has 0 bridgehead atoms. The van der Waals surface area contributed by atoms with Crippen LogP contribution < -0.4 is 0 Å². The summed E-state index contributed by atoms with van der Waals surface area (Å²) in [7, 11) is 0. The molecule has 2 N–H and O–H groups in total. The lowest BCUT2D eigenvalue weighted by Crippen LogP contribution is -2.14. The Morgan fingerprint density at radius 1 is 1.42 bits per heavy atom. The normalized spacial score (nSPS) is 12.7. The number of benzene rings is 1. The minimum atomic E-state index is -0.855. The van der Waals surface area contributed by atoms with Crippen LogP contribution in [-0.4, -0.2) is 25.6 Å². The summed E-state index contributed by atoms with van der Waals surface area (Å²) in [6, 6.07) is 7.11. The molecule has 0 radical (unpaired) electrons. The highest BCUT2D eigenvalue weighted by Crippen LogP contribution is 2.30. The molecule has 0 amide bonds. The van der Waals surface area contributed by atoms with Gasteiger partial charge in [0.15, 0.2) is 0 Å². The Morgan fingerprint density at radius 3 is 2.89 bits per heavy atom. The van der Waals surface area contributed by atoms with Crippen LogP contribution >= 0.6 is 0 Å². The van der Waals surface area contributed by atoms with E-state index >= 15 is 0 Å². The second kappa shape index (κ2) is 4.28. The van der Waals surface area contributed by atoms with Crippen LogP contribution in [0.3, 0.4) is 0 Å². The SMILES string of the molecule is C[C@@H](C(=O)O)n1cc(-c2ncc[nH]2)c2ccccc21. The number of aromatic amines is 1. The second-order valence-corrected chi connectivity index (χ2v) is 4.42. The third kappa shape index (κ3) is 1.79. The Labute approximate surface area is 109 Å². The number of hydrogen-bond donors (Lipinski definition) is 2. The maximum atomic E-state index is 11.2. The number of aromatic nitrogens is 3. The Morgan fingerprint density at radius 2 is 2.21 bits per heavy atom. The molecule has 96 valence electrons. The molecular formula is C14H13N3O2. The van der Waals surface area contributed by atoms with Crippen LogP contribution in [-0.2, 0) is 4.79 Å². The van der Waals surface area contributed by atoms with Gasteiger partial charge in [0, 0.05) is 35.1 Å². The van der Waals surface area contributed by atoms with E-state index in [1.807, 2.05) is 30.5 Å². The Balaban J connectivity index is 2.28. The third-order valence-corrected chi connectivity index (χ3v) is 3.27. The van der Waals surface area contributed by atoms with Crippen molar-refractivity contribution in [3.63, 3.8) is 0 Å². The first kappa shape index (κ1) is 11.5. The van der Waals surface area contributed by atoms with Gasteiger partial charge in [-0.2, -0.15) is 0 Å². The lowest BCUT2D eigenvalue weighted by Gasteiger charge is -2.09. The molecule has 0 unspecified atom stereocenters. The van der Waals surface area contributed by atoms with Gasteiger partial charge < -0.3 is 14.7 Å². The molecule has 5 nitrogen and oxygen atoms in total. The Hall–Kier alpha value is -2.56. The molecule has 0 saturated heterocycles. The third-order valence-electron chi connectivity index (χ3n) is 3.27. The number of aliphatic carboxylic acids is 1. The molecule has 0 saturated carbocycles. The number of para-hydroxylation sites is 1. The van der Waals surface area contributed by atoms with Gasteiger partial charge in [0.25, 0.3) is 0 Å². The molecular weight excluding hydrogens is 242 g/mol. The maximum absolute atomic E-state index is 11.2. The van der Waals surface area contributed by atoms with Gasteiger partial charge in [-0.15, -0.1) is 0 Å². The summed E-state index contributed by atoms with van der Waals surface area (Å²) in [6.45, 7) is 1.67. The number of carbonyl (C=O) groups is 1. The van der Waals surface area contributed by atoms with Crippen LogP contribution in [0.1, 0.15) is 13.0 Å². The largest absolute Gasteiger partial charge is 0.480 e. The summed E-state index contributed by atoms with van der Waals surface area (Å²) in [5.74, 6) is -0.112. The van der Waals surface area contributed by atoms with Gasteiger partial charge in [-0.3, -0.25) is 0 Å². The minimum Gasteiger partial charge on any atom is -0.480 e. The summed E-state index contributed by atoms with van der Waals surface area (Å²) in [5, 5.41) is 10.2. The van der Waals surface area contributed by atoms with Crippen molar-refractivity contribution >= 4 is 16.9 Å². The van der Waals surface area contributed by atoms with Gasteiger partial charge in [-0.25, -0.2) is 9.78 Å². The molecule has 0 aliphatic rings. The van der Waals surface area contributed by atoms with Gasteiger partial charge in [-0.1, -0.05) is 18.2 Å². The molecule has 5 heteroatoms. The Bertz CT molecular complexity index is 728. The number of carboxylic acid groups (broad SMARTS) is 1. The molecule has 3 rings (SSSR count). The molecule has 0 spiro atoms. The van der Waals surface area contributed by atoms with E-state index in [1.165, 1.54) is 0 Å². The van der Waals surface area contributed by atoms with E-state index in [0.29, 0.717) is 0 Å². The zero-order valence-electron chi connectivity index (χ0n) is 10.4. The zero-order valence-corrected chi connectivity index (χ0v) is 10.4. The molecule has 0 aliphatic heterocycles. The number of hydrogen-bond acceptors (Lipinski definition) is 2. The number of carboxylic acids is 1. The van der Waals surface area contributed by atoms with Crippen molar-refractivity contribution in [1.29, 1.82) is 0 Å². The highest BCUT2D eigenvalue weighted by molar-refractivity contribution is 5.95. The molecule has 19 heavy (non-hydrogen) atoms. The van der Waals surface area contributed by atoms with Crippen LogP contribution in [0.25, 0.3) is 22.3 Å². The fourth-order valence-corrected chi connectivity index (χ4v) is 2.25. The first-order valence-corrected chi connectivity index (χ1v) is 6.00. The fourth-order valence-electron chi connectivity index (χ4n) is 2.25. The monoisotopic (exact) mass is 255 g/mol. The average molecular weight is 255 g/mol. The number of nitrogens with one attached hydrogen (secondary N) is 1. The number of nitrogens with zero attached hydrogens (tertiary/aromatic N) is 2. The van der Waals surface area contributed by atoms with Crippen LogP contribution in [0.2, 0.25) is 0 Å². The van der Waals surface area contributed by atoms with Crippen molar-refractivity contribution in [3.05, 3.63) is 42.9 Å². The summed E-state index contributed by atoms with van der Waals surface area (Å²) in [4.78, 5) is 18.5. The van der Waals surface area contributed by atoms with Crippen molar-refractivity contribution in [2.75, 3.05) is 0 Å². The highest BCUT2D eigenvalue weighted by Gasteiger charge is 2.18. The average Bonchev–Trinajstić information content (AvgIpc) is 3.04. The molecule has 2 heterocycles. The number of imidazole rings is 1. The van der Waals surface area contributed by atoms with Crippen LogP contribution in [0, 0.1) is 0 Å². The molecule has 1 aromatic carbocycles. The minimum absolute atomic E-state index is 0.617. The highest BCUT2D eigenvalue weighted by atomic mass is 16.4. The lowest BCUT2D eigenvalue weighted by atomic mass is 10.2. The van der Waals surface area contributed by atoms with Gasteiger partial charge in [-0.05, 0) is 13.0 Å². The molecule has 0 fully saturated rings. The fraction of sp³-hybridized carbons (Fsp3) is 0.143. The maximum Gasteiger partial charge on any atom is 0.326 e. The summed E-state index contributed by atoms with van der Waals surface area (Å²) in [6.07, 6.45) is 5.27. The van der Waals surface area contributed by atoms with Crippen LogP contribution in [0.15, 0.2) is 42.9 Å². The summed E-state index contributed by atoms with van der Waals surface area (Å²) < 4.78 is 1.76. The molecule has 0 aliphatic carbocycles. The van der Waals surface area contributed by atoms with Crippen molar-refractivity contribution in [2.24, 2.45) is 0 Å². The van der Waals surface area contributed by atoms with E-state index in [-0.39, 0.29) is 0 Å². The number of fused-ring (bicyclic) bond motifs is 1. The molecule has 2 aromatic heterocycles. The van der Waals surface area contributed by atoms with Gasteiger partial charge in [0.05, 0.1) is 0 Å².